The summed E-state index contributed by atoms with van der Waals surface area (Å²) >= 11 is 0. The smallest absolute Gasteiger partial charge is 0.253 e. The lowest BCUT2D eigenvalue weighted by Crippen LogP contribution is -2.40. The summed E-state index contributed by atoms with van der Waals surface area (Å²) in [5, 5.41) is 5.96. The van der Waals surface area contributed by atoms with Crippen molar-refractivity contribution >= 4 is 17.5 Å². The van der Waals surface area contributed by atoms with Crippen LogP contribution in [-0.2, 0) is 11.3 Å². The van der Waals surface area contributed by atoms with E-state index < -0.39 is 0 Å². The topological polar surface area (TPSA) is 61.4 Å². The average molecular weight is 408 g/mol. The first-order valence-electron chi connectivity index (χ1n) is 11.0. The van der Waals surface area contributed by atoms with Crippen LogP contribution in [0.5, 0.6) is 0 Å². The van der Waals surface area contributed by atoms with Gasteiger partial charge < -0.3 is 10.6 Å². The number of amides is 2. The second kappa shape index (κ2) is 10.9. The van der Waals surface area contributed by atoms with Gasteiger partial charge in [0.2, 0.25) is 5.91 Å². The number of piperidine rings is 1. The van der Waals surface area contributed by atoms with E-state index in [1.54, 1.807) is 12.1 Å². The van der Waals surface area contributed by atoms with Crippen molar-refractivity contribution in [3.05, 3.63) is 65.2 Å². The van der Waals surface area contributed by atoms with Crippen LogP contribution in [0.3, 0.4) is 0 Å². The highest BCUT2D eigenvalue weighted by molar-refractivity contribution is 6.04. The molecule has 5 heteroatoms. The number of para-hydroxylation sites is 1. The Balaban J connectivity index is 1.62. The van der Waals surface area contributed by atoms with E-state index >= 15 is 0 Å². The van der Waals surface area contributed by atoms with Crippen LogP contribution in [0.4, 0.5) is 5.69 Å². The summed E-state index contributed by atoms with van der Waals surface area (Å²) in [6, 6.07) is 15.7. The van der Waals surface area contributed by atoms with Crippen LogP contribution in [0.25, 0.3) is 0 Å². The first kappa shape index (κ1) is 22.0. The fourth-order valence-electron chi connectivity index (χ4n) is 3.94. The first-order valence-corrected chi connectivity index (χ1v) is 11.0. The van der Waals surface area contributed by atoms with Crippen LogP contribution in [0.1, 0.15) is 54.1 Å². The quantitative estimate of drug-likeness (QED) is 0.639. The van der Waals surface area contributed by atoms with E-state index in [0.717, 1.165) is 45.3 Å². The summed E-state index contributed by atoms with van der Waals surface area (Å²) < 4.78 is 0. The number of nitrogens with zero attached hydrogens (tertiary/aromatic N) is 1. The predicted octanol–water partition coefficient (Wildman–Crippen LogP) is 4.38. The maximum absolute atomic E-state index is 13.0. The number of likely N-dealkylation sites (tertiary alicyclic amines) is 1. The Morgan fingerprint density at radius 1 is 1.10 bits per heavy atom. The largest absolute Gasteiger partial charge is 0.352 e. The predicted molar refractivity (Wildman–Crippen MR) is 121 cm³/mol. The highest BCUT2D eigenvalue weighted by Gasteiger charge is 2.27. The Labute approximate surface area is 179 Å². The van der Waals surface area contributed by atoms with Gasteiger partial charge in [-0.15, -0.1) is 0 Å². The highest BCUT2D eigenvalue weighted by atomic mass is 16.2. The minimum atomic E-state index is -0.135. The number of carbonyl (C=O) groups excluding carboxylic acids is 2. The molecule has 1 atom stereocenters. The molecule has 0 radical (unpaired) electrons. The number of hydrogen-bond acceptors (Lipinski definition) is 3. The molecule has 2 aromatic carbocycles. The van der Waals surface area contributed by atoms with Gasteiger partial charge in [0.1, 0.15) is 0 Å². The van der Waals surface area contributed by atoms with E-state index in [4.69, 9.17) is 0 Å². The molecule has 5 nitrogen and oxygen atoms in total. The van der Waals surface area contributed by atoms with Crippen LogP contribution in [0.2, 0.25) is 0 Å². The van der Waals surface area contributed by atoms with Crippen molar-refractivity contribution in [2.75, 3.05) is 25.0 Å². The van der Waals surface area contributed by atoms with E-state index in [-0.39, 0.29) is 17.7 Å². The Kier molecular flexibility index (Phi) is 8.03. The molecule has 1 heterocycles. The highest BCUT2D eigenvalue weighted by Crippen LogP contribution is 2.23. The third-order valence-electron chi connectivity index (χ3n) is 5.78. The zero-order valence-electron chi connectivity index (χ0n) is 18.1. The van der Waals surface area contributed by atoms with Gasteiger partial charge in [-0.1, -0.05) is 49.7 Å². The molecule has 1 unspecified atom stereocenters. The average Bonchev–Trinajstić information content (AvgIpc) is 2.76. The van der Waals surface area contributed by atoms with E-state index in [9.17, 15) is 9.59 Å². The van der Waals surface area contributed by atoms with Crippen molar-refractivity contribution < 1.29 is 9.59 Å². The van der Waals surface area contributed by atoms with Crippen LogP contribution in [-0.4, -0.2) is 36.3 Å². The molecule has 1 saturated heterocycles. The van der Waals surface area contributed by atoms with Gasteiger partial charge in [-0.3, -0.25) is 14.5 Å². The van der Waals surface area contributed by atoms with Gasteiger partial charge in [0.05, 0.1) is 17.2 Å². The van der Waals surface area contributed by atoms with Crippen LogP contribution < -0.4 is 10.6 Å². The number of aryl methyl sites for hydroxylation is 1. The van der Waals surface area contributed by atoms with Crippen molar-refractivity contribution in [2.24, 2.45) is 5.92 Å². The molecule has 160 valence electrons. The van der Waals surface area contributed by atoms with E-state index in [1.807, 2.05) is 12.1 Å². The molecule has 2 N–H and O–H groups in total. The van der Waals surface area contributed by atoms with Crippen LogP contribution >= 0.6 is 0 Å². The number of hydrogen-bond donors (Lipinski definition) is 2. The summed E-state index contributed by atoms with van der Waals surface area (Å²) in [7, 11) is 0. The lowest BCUT2D eigenvalue weighted by molar-refractivity contribution is -0.121. The van der Waals surface area contributed by atoms with Gasteiger partial charge in [-0.25, -0.2) is 0 Å². The minimum absolute atomic E-state index is 0.00158. The fourth-order valence-corrected chi connectivity index (χ4v) is 3.94. The monoisotopic (exact) mass is 407 g/mol. The summed E-state index contributed by atoms with van der Waals surface area (Å²) in [4.78, 5) is 27.9. The normalized spacial score (nSPS) is 16.8. The van der Waals surface area contributed by atoms with Crippen LogP contribution in [0, 0.1) is 12.8 Å². The van der Waals surface area contributed by atoms with E-state index in [2.05, 4.69) is 53.6 Å². The van der Waals surface area contributed by atoms with Crippen LogP contribution in [0.15, 0.2) is 48.5 Å². The number of anilines is 1. The third kappa shape index (κ3) is 5.92. The Bertz CT molecular complexity index is 865. The van der Waals surface area contributed by atoms with Gasteiger partial charge in [-0.2, -0.15) is 0 Å². The molecule has 1 aliphatic rings. The fraction of sp³-hybridized carbons (Fsp3) is 0.440. The summed E-state index contributed by atoms with van der Waals surface area (Å²) in [5.41, 5.74) is 3.71. The van der Waals surface area contributed by atoms with E-state index in [0.29, 0.717) is 17.8 Å². The van der Waals surface area contributed by atoms with Gasteiger partial charge in [0.15, 0.2) is 0 Å². The lowest BCUT2D eigenvalue weighted by Gasteiger charge is -2.32. The molecule has 3 rings (SSSR count). The summed E-state index contributed by atoms with van der Waals surface area (Å²) in [5.74, 6) is -0.207. The van der Waals surface area contributed by atoms with Gasteiger partial charge in [-0.05, 0) is 56.0 Å². The van der Waals surface area contributed by atoms with Gasteiger partial charge in [0, 0.05) is 19.6 Å². The second-order valence-corrected chi connectivity index (χ2v) is 8.15. The van der Waals surface area contributed by atoms with Crippen molar-refractivity contribution in [3.63, 3.8) is 0 Å². The Morgan fingerprint density at radius 2 is 1.87 bits per heavy atom. The Hall–Kier alpha value is -2.66. The maximum atomic E-state index is 13.0. The zero-order chi connectivity index (χ0) is 21.3. The molecular weight excluding hydrogens is 374 g/mol. The van der Waals surface area contributed by atoms with E-state index in [1.165, 1.54) is 11.1 Å². The number of unbranched alkanes of at least 4 members (excludes halogenated alkanes) is 1. The summed E-state index contributed by atoms with van der Waals surface area (Å²) in [6.45, 7) is 7.49. The molecule has 30 heavy (non-hydrogen) atoms. The maximum Gasteiger partial charge on any atom is 0.253 e. The molecule has 0 saturated carbocycles. The minimum Gasteiger partial charge on any atom is -0.352 e. The van der Waals surface area contributed by atoms with Crippen molar-refractivity contribution in [3.8, 4) is 0 Å². The lowest BCUT2D eigenvalue weighted by atomic mass is 9.96. The first-order chi connectivity index (χ1) is 14.6. The number of benzene rings is 2. The number of nitrogens with one attached hydrogen (secondary N) is 2. The molecule has 0 spiro atoms. The van der Waals surface area contributed by atoms with Gasteiger partial charge in [0.25, 0.3) is 5.91 Å². The summed E-state index contributed by atoms with van der Waals surface area (Å²) in [6.07, 6.45) is 3.85. The molecular formula is C25H33N3O2. The molecule has 1 aliphatic heterocycles. The van der Waals surface area contributed by atoms with Crippen molar-refractivity contribution in [1.29, 1.82) is 0 Å². The second-order valence-electron chi connectivity index (χ2n) is 8.15. The third-order valence-corrected chi connectivity index (χ3v) is 5.78. The number of carbonyl (C=O) groups is 2. The Morgan fingerprint density at radius 3 is 2.67 bits per heavy atom. The molecule has 2 amide bonds. The number of rotatable bonds is 8. The SMILES string of the molecule is CCCCNC(=O)c1ccccc1NC(=O)C1CCCN(Cc2ccccc2C)C1. The molecule has 2 aromatic rings. The molecule has 0 aromatic heterocycles. The van der Waals surface area contributed by atoms with Crippen molar-refractivity contribution in [1.82, 2.24) is 10.2 Å². The zero-order valence-corrected chi connectivity index (χ0v) is 18.1. The molecule has 0 aliphatic carbocycles. The molecule has 0 bridgehead atoms. The standard InChI is InChI=1S/C25H33N3O2/c1-3-4-15-26-25(30)22-13-7-8-14-23(22)27-24(29)21-12-9-16-28(18-21)17-20-11-6-5-10-19(20)2/h5-8,10-11,13-14,21H,3-4,9,12,15-18H2,1-2H3,(H,26,30)(H,27,29). The van der Waals surface area contributed by atoms with Crippen molar-refractivity contribution in [2.45, 2.75) is 46.1 Å². The molecule has 1 fully saturated rings. The van der Waals surface area contributed by atoms with Gasteiger partial charge >= 0.3 is 0 Å².